The molecule has 1 aromatic heterocycles. The molecule has 25 heavy (non-hydrogen) atoms. The van der Waals surface area contributed by atoms with Gasteiger partial charge in [0.05, 0.1) is 13.2 Å². The van der Waals surface area contributed by atoms with Gasteiger partial charge in [-0.15, -0.1) is 0 Å². The summed E-state index contributed by atoms with van der Waals surface area (Å²) in [5.41, 5.74) is 4.46. The van der Waals surface area contributed by atoms with E-state index in [2.05, 4.69) is 57.5 Å². The highest BCUT2D eigenvalue weighted by Gasteiger charge is 2.10. The van der Waals surface area contributed by atoms with Crippen molar-refractivity contribution in [1.29, 1.82) is 0 Å². The van der Waals surface area contributed by atoms with Crippen LogP contribution in [0.1, 0.15) is 16.8 Å². The minimum Gasteiger partial charge on any atom is -0.379 e. The van der Waals surface area contributed by atoms with Crippen LogP contribution in [0.5, 0.6) is 0 Å². The third-order valence-electron chi connectivity index (χ3n) is 4.16. The van der Waals surface area contributed by atoms with Crippen molar-refractivity contribution >= 4 is 17.5 Å². The SMILES string of the molecule is Cc1cc(C)cc(Nc2cc(C)nc(NCCN3CCOCC3)n2)c1. The van der Waals surface area contributed by atoms with E-state index in [0.717, 1.165) is 56.6 Å². The summed E-state index contributed by atoms with van der Waals surface area (Å²) in [7, 11) is 0. The van der Waals surface area contributed by atoms with E-state index in [1.807, 2.05) is 13.0 Å². The van der Waals surface area contributed by atoms with Crippen LogP contribution in [0.2, 0.25) is 0 Å². The van der Waals surface area contributed by atoms with Crippen LogP contribution in [0, 0.1) is 20.8 Å². The van der Waals surface area contributed by atoms with Crippen LogP contribution in [0.3, 0.4) is 0 Å². The van der Waals surface area contributed by atoms with E-state index in [-0.39, 0.29) is 0 Å². The number of hydrogen-bond acceptors (Lipinski definition) is 6. The monoisotopic (exact) mass is 341 g/mol. The molecule has 0 spiro atoms. The number of nitrogens with one attached hydrogen (secondary N) is 2. The Bertz CT molecular complexity index is 693. The number of ether oxygens (including phenoxy) is 1. The summed E-state index contributed by atoms with van der Waals surface area (Å²) in [6.45, 7) is 11.6. The van der Waals surface area contributed by atoms with E-state index in [4.69, 9.17) is 4.74 Å². The first-order valence-corrected chi connectivity index (χ1v) is 8.83. The highest BCUT2D eigenvalue weighted by Crippen LogP contribution is 2.19. The van der Waals surface area contributed by atoms with Crippen LogP contribution < -0.4 is 10.6 Å². The average molecular weight is 341 g/mol. The van der Waals surface area contributed by atoms with Crippen LogP contribution in [-0.4, -0.2) is 54.3 Å². The third kappa shape index (κ3) is 5.41. The molecule has 0 amide bonds. The third-order valence-corrected chi connectivity index (χ3v) is 4.16. The smallest absolute Gasteiger partial charge is 0.224 e. The summed E-state index contributed by atoms with van der Waals surface area (Å²) < 4.78 is 5.37. The number of nitrogens with zero attached hydrogens (tertiary/aromatic N) is 3. The standard InChI is InChI=1S/C19H27N5O/c1-14-10-15(2)12-17(11-14)22-18-13-16(3)21-19(23-18)20-4-5-24-6-8-25-9-7-24/h10-13H,4-9H2,1-3H3,(H2,20,21,22,23). The van der Waals surface area contributed by atoms with E-state index in [9.17, 15) is 0 Å². The Morgan fingerprint density at radius 3 is 2.44 bits per heavy atom. The molecule has 1 saturated heterocycles. The molecular weight excluding hydrogens is 314 g/mol. The van der Waals surface area contributed by atoms with E-state index in [1.54, 1.807) is 0 Å². The zero-order valence-corrected chi connectivity index (χ0v) is 15.3. The lowest BCUT2D eigenvalue weighted by Crippen LogP contribution is -2.39. The lowest BCUT2D eigenvalue weighted by atomic mass is 10.1. The molecule has 1 fully saturated rings. The van der Waals surface area contributed by atoms with Crippen LogP contribution in [-0.2, 0) is 4.74 Å². The summed E-state index contributed by atoms with van der Waals surface area (Å²) in [5, 5.41) is 6.73. The van der Waals surface area contributed by atoms with Gasteiger partial charge in [-0.3, -0.25) is 4.90 Å². The van der Waals surface area contributed by atoms with Crippen molar-refractivity contribution in [2.45, 2.75) is 20.8 Å². The fourth-order valence-corrected chi connectivity index (χ4v) is 3.06. The van der Waals surface area contributed by atoms with Crippen molar-refractivity contribution in [3.05, 3.63) is 41.1 Å². The zero-order chi connectivity index (χ0) is 17.6. The topological polar surface area (TPSA) is 62.3 Å². The predicted octanol–water partition coefficient (Wildman–Crippen LogP) is 2.89. The number of anilines is 3. The molecule has 0 radical (unpaired) electrons. The number of aromatic nitrogens is 2. The Balaban J connectivity index is 1.61. The van der Waals surface area contributed by atoms with Crippen LogP contribution in [0.4, 0.5) is 17.5 Å². The van der Waals surface area contributed by atoms with Gasteiger partial charge in [0.25, 0.3) is 0 Å². The molecule has 1 aliphatic heterocycles. The van der Waals surface area contributed by atoms with Crippen LogP contribution >= 0.6 is 0 Å². The van der Waals surface area contributed by atoms with E-state index >= 15 is 0 Å². The summed E-state index contributed by atoms with van der Waals surface area (Å²) in [6.07, 6.45) is 0. The number of hydrogen-bond donors (Lipinski definition) is 2. The maximum absolute atomic E-state index is 5.37. The first-order valence-electron chi connectivity index (χ1n) is 8.83. The van der Waals surface area contributed by atoms with Crippen molar-refractivity contribution in [3.8, 4) is 0 Å². The predicted molar refractivity (Wildman–Crippen MR) is 102 cm³/mol. The van der Waals surface area contributed by atoms with Gasteiger partial charge in [-0.05, 0) is 44.0 Å². The molecule has 0 aliphatic carbocycles. The van der Waals surface area contributed by atoms with Gasteiger partial charge in [-0.2, -0.15) is 4.98 Å². The second-order valence-electron chi connectivity index (χ2n) is 6.60. The molecule has 0 bridgehead atoms. The first-order chi connectivity index (χ1) is 12.1. The van der Waals surface area contributed by atoms with Crippen LogP contribution in [0.15, 0.2) is 24.3 Å². The molecule has 2 aromatic rings. The molecular formula is C19H27N5O. The van der Waals surface area contributed by atoms with E-state index < -0.39 is 0 Å². The highest BCUT2D eigenvalue weighted by molar-refractivity contribution is 5.59. The van der Waals surface area contributed by atoms with Crippen molar-refractivity contribution in [2.24, 2.45) is 0 Å². The van der Waals surface area contributed by atoms with Gasteiger partial charge in [-0.1, -0.05) is 6.07 Å². The number of benzene rings is 1. The van der Waals surface area contributed by atoms with Gasteiger partial charge in [0.2, 0.25) is 5.95 Å². The minimum absolute atomic E-state index is 0.667. The van der Waals surface area contributed by atoms with Crippen molar-refractivity contribution in [1.82, 2.24) is 14.9 Å². The second kappa shape index (κ2) is 8.27. The Labute approximate surface area is 149 Å². The molecule has 1 aliphatic rings. The summed E-state index contributed by atoms with van der Waals surface area (Å²) in [4.78, 5) is 11.5. The van der Waals surface area contributed by atoms with Crippen molar-refractivity contribution in [2.75, 3.05) is 50.0 Å². The Kier molecular flexibility index (Phi) is 5.83. The average Bonchev–Trinajstić information content (AvgIpc) is 2.54. The first kappa shape index (κ1) is 17.6. The molecule has 3 rings (SSSR count). The molecule has 6 nitrogen and oxygen atoms in total. The molecule has 0 atom stereocenters. The summed E-state index contributed by atoms with van der Waals surface area (Å²) in [5.74, 6) is 1.48. The van der Waals surface area contributed by atoms with Crippen molar-refractivity contribution in [3.63, 3.8) is 0 Å². The van der Waals surface area contributed by atoms with Gasteiger partial charge in [0, 0.05) is 43.6 Å². The fraction of sp³-hybridized carbons (Fsp3) is 0.474. The lowest BCUT2D eigenvalue weighted by Gasteiger charge is -2.26. The summed E-state index contributed by atoms with van der Waals surface area (Å²) in [6, 6.07) is 8.37. The maximum Gasteiger partial charge on any atom is 0.224 e. The molecule has 0 saturated carbocycles. The van der Waals surface area contributed by atoms with E-state index in [1.165, 1.54) is 11.1 Å². The highest BCUT2D eigenvalue weighted by atomic mass is 16.5. The molecule has 1 aromatic carbocycles. The van der Waals surface area contributed by atoms with Gasteiger partial charge in [-0.25, -0.2) is 4.98 Å². The molecule has 2 heterocycles. The van der Waals surface area contributed by atoms with Gasteiger partial charge >= 0.3 is 0 Å². The quantitative estimate of drug-likeness (QED) is 0.842. The minimum atomic E-state index is 0.667. The Morgan fingerprint density at radius 2 is 1.72 bits per heavy atom. The number of morpholine rings is 1. The second-order valence-corrected chi connectivity index (χ2v) is 6.60. The van der Waals surface area contributed by atoms with Gasteiger partial charge in [0.1, 0.15) is 5.82 Å². The molecule has 2 N–H and O–H groups in total. The van der Waals surface area contributed by atoms with Gasteiger partial charge < -0.3 is 15.4 Å². The fourth-order valence-electron chi connectivity index (χ4n) is 3.06. The number of rotatable bonds is 6. The molecule has 0 unspecified atom stereocenters. The van der Waals surface area contributed by atoms with Crippen molar-refractivity contribution < 1.29 is 4.74 Å². The molecule has 134 valence electrons. The Morgan fingerprint density at radius 1 is 1.00 bits per heavy atom. The summed E-state index contributed by atoms with van der Waals surface area (Å²) >= 11 is 0. The van der Waals surface area contributed by atoms with Crippen LogP contribution in [0.25, 0.3) is 0 Å². The number of aryl methyl sites for hydroxylation is 3. The normalized spacial score (nSPS) is 15.2. The Hall–Kier alpha value is -2.18. The lowest BCUT2D eigenvalue weighted by molar-refractivity contribution is 0.0398. The largest absolute Gasteiger partial charge is 0.379 e. The maximum atomic E-state index is 5.37. The van der Waals surface area contributed by atoms with E-state index in [0.29, 0.717) is 5.95 Å². The molecule has 6 heteroatoms. The van der Waals surface area contributed by atoms with Gasteiger partial charge in [0.15, 0.2) is 0 Å². The zero-order valence-electron chi connectivity index (χ0n) is 15.3.